The Balaban J connectivity index is 0.000000197. The summed E-state index contributed by atoms with van der Waals surface area (Å²) in [5, 5.41) is 8.75. The van der Waals surface area contributed by atoms with Gasteiger partial charge in [-0.15, -0.1) is 0 Å². The zero-order valence-electron chi connectivity index (χ0n) is 33.8. The van der Waals surface area contributed by atoms with Gasteiger partial charge >= 0.3 is 27.2 Å². The molecule has 0 aliphatic rings. The van der Waals surface area contributed by atoms with E-state index in [0.717, 1.165) is 48.8 Å². The Kier molecular flexibility index (Phi) is 17.3. The monoisotopic (exact) mass is 957 g/mol. The molecule has 0 fully saturated rings. The van der Waals surface area contributed by atoms with Crippen LogP contribution in [0.3, 0.4) is 0 Å². The van der Waals surface area contributed by atoms with Crippen LogP contribution < -0.4 is 10.3 Å². The molecule has 3 atom stereocenters. The molecule has 56 heavy (non-hydrogen) atoms. The van der Waals surface area contributed by atoms with Crippen molar-refractivity contribution < 1.29 is 22.2 Å². The first-order valence-electron chi connectivity index (χ1n) is 18.8. The average molecular weight is 957 g/mol. The van der Waals surface area contributed by atoms with Gasteiger partial charge in [-0.3, -0.25) is 0 Å². The van der Waals surface area contributed by atoms with Crippen molar-refractivity contribution in [2.45, 2.75) is 99.3 Å². The number of pyridine rings is 2. The Morgan fingerprint density at radius 1 is 0.714 bits per heavy atom. The Labute approximate surface area is 345 Å². The van der Waals surface area contributed by atoms with Gasteiger partial charge in [0, 0.05) is 74.6 Å². The molecule has 7 aromatic rings. The average Bonchev–Trinajstić information content (AvgIpc) is 4.06. The standard InChI is InChI=1S/C19H30N7.2C11H13N3.ClH.Os/c1-3-18(24-8-5-21-14-24)13-19(25-9-6-22-15-25)12-17(2)26-11-10-23(16-26)7-4-20;2*1-8-4-5-12-11(6-8)14-7-9(2)10(3)13-14;;/h5-6,8-11,14-19H,3-4,7,12-13,20H2,1-2H3;2*4-7H,1-3H3;1H;/q+1;;;;+1/p-1. The molecule has 0 radical (unpaired) electrons. The van der Waals surface area contributed by atoms with Gasteiger partial charge in [-0.1, -0.05) is 6.92 Å². The van der Waals surface area contributed by atoms with E-state index < -0.39 is 0 Å². The van der Waals surface area contributed by atoms with Gasteiger partial charge in [0.15, 0.2) is 11.6 Å². The summed E-state index contributed by atoms with van der Waals surface area (Å²) in [5.74, 6) is 1.75. The molecule has 0 saturated carbocycles. The molecule has 3 unspecified atom stereocenters. The van der Waals surface area contributed by atoms with E-state index >= 15 is 0 Å². The molecular formula is C41H56ClN13Os+. The second-order valence-electron chi connectivity index (χ2n) is 14.0. The van der Waals surface area contributed by atoms with Crippen LogP contribution in [0.1, 0.15) is 84.9 Å². The molecule has 7 rings (SSSR count). The summed E-state index contributed by atoms with van der Waals surface area (Å²) in [6.07, 6.45) is 28.9. The van der Waals surface area contributed by atoms with Crippen LogP contribution in [0.25, 0.3) is 11.6 Å². The van der Waals surface area contributed by atoms with Gasteiger partial charge in [-0.2, -0.15) is 10.2 Å². The van der Waals surface area contributed by atoms with Crippen LogP contribution in [-0.4, -0.2) is 59.7 Å². The number of rotatable bonds is 12. The third kappa shape index (κ3) is 12.6. The molecule has 0 aromatic carbocycles. The molecule has 7 aromatic heterocycles. The molecule has 15 heteroatoms. The first kappa shape index (κ1) is 44.0. The minimum absolute atomic E-state index is 0.380. The van der Waals surface area contributed by atoms with E-state index in [-0.39, 0.29) is 0 Å². The summed E-state index contributed by atoms with van der Waals surface area (Å²) in [4.78, 5) is 17.0. The second kappa shape index (κ2) is 22.1. The molecule has 0 saturated heterocycles. The number of nitrogens with two attached hydrogens (primary N) is 1. The third-order valence-corrected chi connectivity index (χ3v) is 9.69. The van der Waals surface area contributed by atoms with Gasteiger partial charge in [-0.25, -0.2) is 38.4 Å². The number of hydrogen-bond acceptors (Lipinski definition) is 7. The van der Waals surface area contributed by atoms with Crippen LogP contribution in [0.4, 0.5) is 0 Å². The quantitative estimate of drug-likeness (QED) is 0.126. The first-order valence-corrected chi connectivity index (χ1v) is 22.0. The van der Waals surface area contributed by atoms with Crippen molar-refractivity contribution in [3.63, 3.8) is 0 Å². The summed E-state index contributed by atoms with van der Waals surface area (Å²) in [5.41, 5.74) is 12.5. The third-order valence-electron chi connectivity index (χ3n) is 9.69. The number of hydrogen-bond donors (Lipinski definition) is 1. The van der Waals surface area contributed by atoms with Crippen LogP contribution in [0.15, 0.2) is 105 Å². The predicted octanol–water partition coefficient (Wildman–Crippen LogP) is 7.43. The van der Waals surface area contributed by atoms with E-state index in [1.165, 1.54) is 39.9 Å². The van der Waals surface area contributed by atoms with Gasteiger partial charge < -0.3 is 14.9 Å². The predicted molar refractivity (Wildman–Crippen MR) is 217 cm³/mol. The molecule has 0 aliphatic carbocycles. The maximum atomic E-state index is 5.66. The fourth-order valence-corrected chi connectivity index (χ4v) is 6.21. The van der Waals surface area contributed by atoms with Crippen molar-refractivity contribution in [3.8, 4) is 11.6 Å². The first-order chi connectivity index (χ1) is 27.0. The molecule has 0 amide bonds. The van der Waals surface area contributed by atoms with Crippen molar-refractivity contribution in [1.82, 2.24) is 53.2 Å². The van der Waals surface area contributed by atoms with Crippen LogP contribution in [-0.2, 0) is 24.1 Å². The van der Waals surface area contributed by atoms with Gasteiger partial charge in [-0.05, 0) is 108 Å². The number of nitrogens with zero attached hydrogens (tertiary/aromatic N) is 12. The Morgan fingerprint density at radius 3 is 1.64 bits per heavy atom. The van der Waals surface area contributed by atoms with Crippen LogP contribution >= 0.6 is 9.64 Å². The van der Waals surface area contributed by atoms with Crippen LogP contribution in [0.5, 0.6) is 0 Å². The fourth-order valence-electron chi connectivity index (χ4n) is 6.21. The zero-order chi connectivity index (χ0) is 40.6. The summed E-state index contributed by atoms with van der Waals surface area (Å²) in [6.45, 7) is 18.2. The van der Waals surface area contributed by atoms with E-state index in [9.17, 15) is 0 Å². The SMILES string of the molecule is CCC(CC(CC(C)n1cc[n+](CCN)c1)n1ccnc1)n1ccnc1.Cc1ccnc(-n2cc(C)c(C)n2)c1.Cc1ccnc(-n2cc(C)c(C)n2)c1.[Cl][Os]. The van der Waals surface area contributed by atoms with Crippen molar-refractivity contribution >= 4 is 9.64 Å². The van der Waals surface area contributed by atoms with Crippen molar-refractivity contribution in [1.29, 1.82) is 0 Å². The maximum absolute atomic E-state index is 5.66. The molecule has 0 bridgehead atoms. The van der Waals surface area contributed by atoms with E-state index in [1.807, 2.05) is 98.8 Å². The van der Waals surface area contributed by atoms with Crippen molar-refractivity contribution in [2.24, 2.45) is 5.73 Å². The van der Waals surface area contributed by atoms with E-state index in [1.54, 1.807) is 12.4 Å². The zero-order valence-corrected chi connectivity index (χ0v) is 37.1. The topological polar surface area (TPSA) is 132 Å². The van der Waals surface area contributed by atoms with E-state index in [4.69, 9.17) is 5.73 Å². The Hall–Kier alpha value is -4.76. The van der Waals surface area contributed by atoms with Crippen molar-refractivity contribution in [3.05, 3.63) is 139 Å². The summed E-state index contributed by atoms with van der Waals surface area (Å²) in [6, 6.07) is 9.20. The molecule has 13 nitrogen and oxygen atoms in total. The number of halogens is 1. The van der Waals surface area contributed by atoms with Gasteiger partial charge in [0.1, 0.15) is 18.9 Å². The van der Waals surface area contributed by atoms with Gasteiger partial charge in [0.25, 0.3) is 0 Å². The van der Waals surface area contributed by atoms with Crippen molar-refractivity contribution in [2.75, 3.05) is 6.54 Å². The Bertz CT molecular complexity index is 2020. The molecule has 0 aliphatic heterocycles. The minimum atomic E-state index is 0.380. The fraction of sp³-hybridized carbons (Fsp3) is 0.390. The van der Waals surface area contributed by atoms with Gasteiger partial charge in [0.05, 0.1) is 30.1 Å². The number of imidazole rings is 3. The van der Waals surface area contributed by atoms with E-state index in [0.29, 0.717) is 24.7 Å². The number of aryl methyl sites for hydroxylation is 6. The molecule has 7 heterocycles. The van der Waals surface area contributed by atoms with Crippen LogP contribution in [0, 0.1) is 41.5 Å². The Morgan fingerprint density at radius 2 is 1.23 bits per heavy atom. The van der Waals surface area contributed by atoms with Crippen LogP contribution in [0.2, 0.25) is 0 Å². The molecular weight excluding hydrogens is 900 g/mol. The van der Waals surface area contributed by atoms with E-state index in [2.05, 4.69) is 117 Å². The summed E-state index contributed by atoms with van der Waals surface area (Å²) in [7, 11) is 4.67. The molecule has 2 N–H and O–H groups in total. The summed E-state index contributed by atoms with van der Waals surface area (Å²) < 4.78 is 12.5. The second-order valence-corrected chi connectivity index (χ2v) is 14.0. The normalized spacial score (nSPS) is 12.3. The summed E-state index contributed by atoms with van der Waals surface area (Å²) >= 11 is 1.33. The molecule has 0 spiro atoms. The molecule has 299 valence electrons. The van der Waals surface area contributed by atoms with Gasteiger partial charge in [0.2, 0.25) is 6.33 Å². The number of aromatic nitrogens is 12.